The molecule has 3 nitrogen and oxygen atoms in total. The van der Waals surface area contributed by atoms with Gasteiger partial charge < -0.3 is 5.11 Å². The Kier molecular flexibility index (Phi) is 1.69. The maximum Gasteiger partial charge on any atom is 0.347 e. The number of carboxylic acids is 1. The first-order chi connectivity index (χ1) is 4.74. The van der Waals surface area contributed by atoms with E-state index in [-0.39, 0.29) is 4.88 Å². The summed E-state index contributed by atoms with van der Waals surface area (Å²) in [6, 6.07) is 0. The van der Waals surface area contributed by atoms with Gasteiger partial charge in [-0.2, -0.15) is 0 Å². The zero-order valence-electron chi connectivity index (χ0n) is 4.87. The van der Waals surface area contributed by atoms with Crippen molar-refractivity contribution in [2.75, 3.05) is 0 Å². The third kappa shape index (κ3) is 1.14. The molecule has 0 spiro atoms. The third-order valence-electron chi connectivity index (χ3n) is 0.840. The van der Waals surface area contributed by atoms with E-state index >= 15 is 0 Å². The van der Waals surface area contributed by atoms with Crippen LogP contribution in [0.15, 0.2) is 6.20 Å². The van der Waals surface area contributed by atoms with Crippen LogP contribution < -0.4 is 0 Å². The molecule has 1 heterocycles. The lowest BCUT2D eigenvalue weighted by molar-refractivity contribution is 0.0702. The fourth-order valence-corrected chi connectivity index (χ4v) is 1.01. The van der Waals surface area contributed by atoms with Gasteiger partial charge in [-0.25, -0.2) is 9.78 Å². The molecule has 1 N–H and O–H groups in total. The second kappa shape index (κ2) is 2.50. The zero-order valence-corrected chi connectivity index (χ0v) is 5.68. The molecule has 0 atom stereocenters. The van der Waals surface area contributed by atoms with E-state index < -0.39 is 5.97 Å². The maximum absolute atomic E-state index is 10.2. The summed E-state index contributed by atoms with van der Waals surface area (Å²) >= 11 is 0.994. The summed E-state index contributed by atoms with van der Waals surface area (Å²) in [5.74, 6) is 1.26. The number of rotatable bonds is 1. The summed E-state index contributed by atoms with van der Waals surface area (Å²) in [5, 5.41) is 8.80. The number of hydrogen-bond donors (Lipinski definition) is 1. The first-order valence-corrected chi connectivity index (χ1v) is 3.21. The van der Waals surface area contributed by atoms with Crippen LogP contribution in [0.25, 0.3) is 0 Å². The zero-order chi connectivity index (χ0) is 7.56. The molecule has 0 aliphatic heterocycles. The minimum absolute atomic E-state index is 0.174. The van der Waals surface area contributed by atoms with Crippen molar-refractivity contribution in [2.24, 2.45) is 0 Å². The molecule has 0 aliphatic rings. The van der Waals surface area contributed by atoms with E-state index in [1.807, 2.05) is 0 Å². The number of carbonyl (C=O) groups is 1. The van der Waals surface area contributed by atoms with E-state index in [4.69, 9.17) is 11.5 Å². The SMILES string of the molecule is C#Cc1ncc(C(=O)O)s1. The molecule has 0 aromatic carbocycles. The molecule has 0 amide bonds. The van der Waals surface area contributed by atoms with Crippen LogP contribution >= 0.6 is 11.3 Å². The quantitative estimate of drug-likeness (QED) is 0.608. The van der Waals surface area contributed by atoms with Crippen molar-refractivity contribution < 1.29 is 9.90 Å². The van der Waals surface area contributed by atoms with Gasteiger partial charge in [-0.1, -0.05) is 11.3 Å². The van der Waals surface area contributed by atoms with Crippen LogP contribution in [-0.2, 0) is 0 Å². The van der Waals surface area contributed by atoms with Crippen LogP contribution in [0.4, 0.5) is 0 Å². The molecule has 0 fully saturated rings. The van der Waals surface area contributed by atoms with Crippen molar-refractivity contribution in [2.45, 2.75) is 0 Å². The van der Waals surface area contributed by atoms with E-state index in [0.717, 1.165) is 11.3 Å². The second-order valence-electron chi connectivity index (χ2n) is 1.48. The average molecular weight is 153 g/mol. The molecule has 4 heteroatoms. The second-order valence-corrected chi connectivity index (χ2v) is 2.51. The van der Waals surface area contributed by atoms with Gasteiger partial charge in [0.15, 0.2) is 5.01 Å². The molecule has 0 radical (unpaired) electrons. The van der Waals surface area contributed by atoms with Gasteiger partial charge in [0.05, 0.1) is 6.20 Å². The normalized spacial score (nSPS) is 8.70. The minimum atomic E-state index is -0.987. The number of hydrogen-bond acceptors (Lipinski definition) is 3. The lowest BCUT2D eigenvalue weighted by atomic mass is 10.6. The largest absolute Gasteiger partial charge is 0.477 e. The van der Waals surface area contributed by atoms with Crippen LogP contribution in [-0.4, -0.2) is 16.1 Å². The van der Waals surface area contributed by atoms with Gasteiger partial charge >= 0.3 is 5.97 Å². The Morgan fingerprint density at radius 1 is 1.90 bits per heavy atom. The Morgan fingerprint density at radius 3 is 2.90 bits per heavy atom. The molecular weight excluding hydrogens is 150 g/mol. The molecule has 50 valence electrons. The fourth-order valence-electron chi connectivity index (χ4n) is 0.440. The first kappa shape index (κ1) is 6.78. The van der Waals surface area contributed by atoms with Crippen LogP contribution in [0.1, 0.15) is 14.7 Å². The topological polar surface area (TPSA) is 50.2 Å². The van der Waals surface area contributed by atoms with Gasteiger partial charge in [0, 0.05) is 0 Å². The summed E-state index contributed by atoms with van der Waals surface area (Å²) in [6.45, 7) is 0. The predicted octanol–water partition coefficient (Wildman–Crippen LogP) is 0.823. The van der Waals surface area contributed by atoms with Gasteiger partial charge in [0.1, 0.15) is 4.88 Å². The maximum atomic E-state index is 10.2. The number of thiazole rings is 1. The molecule has 1 aromatic heterocycles. The number of carboxylic acid groups (broad SMARTS) is 1. The fraction of sp³-hybridized carbons (Fsp3) is 0. The highest BCUT2D eigenvalue weighted by Gasteiger charge is 2.05. The van der Waals surface area contributed by atoms with E-state index in [1.165, 1.54) is 6.20 Å². The van der Waals surface area contributed by atoms with Crippen LogP contribution in [0.3, 0.4) is 0 Å². The number of aromatic carboxylic acids is 1. The summed E-state index contributed by atoms with van der Waals surface area (Å²) in [4.78, 5) is 14.1. The van der Waals surface area contributed by atoms with Crippen LogP contribution in [0, 0.1) is 12.3 Å². The van der Waals surface area contributed by atoms with Crippen molar-refractivity contribution in [3.63, 3.8) is 0 Å². The third-order valence-corrected chi connectivity index (χ3v) is 1.76. The van der Waals surface area contributed by atoms with Crippen LogP contribution in [0.2, 0.25) is 0 Å². The molecule has 0 aliphatic carbocycles. The predicted molar refractivity (Wildman–Crippen MR) is 37.0 cm³/mol. The molecule has 1 rings (SSSR count). The molecule has 0 saturated heterocycles. The number of nitrogens with zero attached hydrogens (tertiary/aromatic N) is 1. The Bertz CT molecular complexity index is 297. The summed E-state index contributed by atoms with van der Waals surface area (Å²) in [6.07, 6.45) is 6.22. The Hall–Kier alpha value is -1.34. The number of aromatic nitrogens is 1. The van der Waals surface area contributed by atoms with Gasteiger partial charge in [-0.05, 0) is 5.92 Å². The van der Waals surface area contributed by atoms with Crippen molar-refractivity contribution in [1.82, 2.24) is 4.98 Å². The van der Waals surface area contributed by atoms with Gasteiger partial charge in [0.2, 0.25) is 0 Å². The monoisotopic (exact) mass is 153 g/mol. The molecule has 0 saturated carbocycles. The van der Waals surface area contributed by atoms with Gasteiger partial charge in [0.25, 0.3) is 0 Å². The molecule has 10 heavy (non-hydrogen) atoms. The molecule has 1 aromatic rings. The molecule has 0 bridgehead atoms. The standard InChI is InChI=1S/C6H3NO2S/c1-2-5-7-3-4(10-5)6(8)9/h1,3H,(H,8,9). The average Bonchev–Trinajstić information content (AvgIpc) is 2.34. The Balaban J connectivity index is 3.02. The van der Waals surface area contributed by atoms with Crippen molar-refractivity contribution in [3.8, 4) is 12.3 Å². The lowest BCUT2D eigenvalue weighted by Crippen LogP contribution is -1.89. The number of terminal acetylenes is 1. The summed E-state index contributed by atoms with van der Waals surface area (Å²) < 4.78 is 0. The Labute approximate surface area is 61.3 Å². The molecular formula is C6H3NO2S. The summed E-state index contributed by atoms with van der Waals surface area (Å²) in [5.41, 5.74) is 0. The minimum Gasteiger partial charge on any atom is -0.477 e. The van der Waals surface area contributed by atoms with E-state index in [9.17, 15) is 4.79 Å². The van der Waals surface area contributed by atoms with Crippen molar-refractivity contribution in [1.29, 1.82) is 0 Å². The van der Waals surface area contributed by atoms with E-state index in [1.54, 1.807) is 0 Å². The van der Waals surface area contributed by atoms with E-state index in [2.05, 4.69) is 10.9 Å². The van der Waals surface area contributed by atoms with Crippen molar-refractivity contribution in [3.05, 3.63) is 16.1 Å². The summed E-state index contributed by atoms with van der Waals surface area (Å²) in [7, 11) is 0. The highest BCUT2D eigenvalue weighted by molar-refractivity contribution is 7.14. The smallest absolute Gasteiger partial charge is 0.347 e. The lowest BCUT2D eigenvalue weighted by Gasteiger charge is -1.78. The van der Waals surface area contributed by atoms with Gasteiger partial charge in [-0.3, -0.25) is 0 Å². The van der Waals surface area contributed by atoms with Crippen molar-refractivity contribution >= 4 is 17.3 Å². The highest BCUT2D eigenvalue weighted by Crippen LogP contribution is 2.10. The van der Waals surface area contributed by atoms with E-state index in [0.29, 0.717) is 5.01 Å². The van der Waals surface area contributed by atoms with Gasteiger partial charge in [-0.15, -0.1) is 6.42 Å². The van der Waals surface area contributed by atoms with Crippen LogP contribution in [0.5, 0.6) is 0 Å². The Morgan fingerprint density at radius 2 is 2.60 bits per heavy atom. The highest BCUT2D eigenvalue weighted by atomic mass is 32.1. The first-order valence-electron chi connectivity index (χ1n) is 2.40. The molecule has 0 unspecified atom stereocenters.